The van der Waals surface area contributed by atoms with Gasteiger partial charge < -0.3 is 0 Å². The van der Waals surface area contributed by atoms with E-state index < -0.39 is 11.6 Å². The average Bonchev–Trinajstić information content (AvgIpc) is 2.62. The van der Waals surface area contributed by atoms with Crippen molar-refractivity contribution in [1.29, 1.82) is 0 Å². The molecule has 0 spiro atoms. The first kappa shape index (κ1) is 18.9. The van der Waals surface area contributed by atoms with Crippen LogP contribution in [0.5, 0.6) is 0 Å². The molecule has 2 heteroatoms. The van der Waals surface area contributed by atoms with Crippen LogP contribution in [0.15, 0.2) is 18.2 Å². The number of hydrogen-bond donors (Lipinski definition) is 0. The maximum absolute atomic E-state index is 13.5. The molecule has 1 aromatic carbocycles. The fourth-order valence-electron chi connectivity index (χ4n) is 5.37. The monoisotopic (exact) mass is 348 g/mol. The maximum Gasteiger partial charge on any atom is 0.126 e. The van der Waals surface area contributed by atoms with Crippen LogP contribution in [0.1, 0.15) is 95.5 Å². The Morgan fingerprint density at radius 2 is 1.32 bits per heavy atom. The number of hydrogen-bond acceptors (Lipinski definition) is 0. The van der Waals surface area contributed by atoms with Crippen molar-refractivity contribution in [1.82, 2.24) is 0 Å². The zero-order valence-electron chi connectivity index (χ0n) is 15.8. The standard InChI is InChI=1S/C23H34F2/c1-2-3-4-5-17-6-8-18(9-7-17)19-10-12-20(13-11-19)21-14-22(24)16-23(25)15-21/h14-20H,2-13H2,1H3/t17-,18-,19?,20?. The average molecular weight is 349 g/mol. The quantitative estimate of drug-likeness (QED) is 0.464. The minimum Gasteiger partial charge on any atom is -0.207 e. The normalized spacial score (nSPS) is 30.4. The number of halogens is 2. The number of benzene rings is 1. The topological polar surface area (TPSA) is 0 Å². The molecule has 140 valence electrons. The van der Waals surface area contributed by atoms with Gasteiger partial charge in [-0.25, -0.2) is 8.78 Å². The summed E-state index contributed by atoms with van der Waals surface area (Å²) in [7, 11) is 0. The Morgan fingerprint density at radius 1 is 0.760 bits per heavy atom. The third-order valence-corrected chi connectivity index (χ3v) is 6.90. The first-order valence-corrected chi connectivity index (χ1v) is 10.6. The molecule has 0 saturated heterocycles. The molecular formula is C23H34F2. The van der Waals surface area contributed by atoms with Gasteiger partial charge in [-0.15, -0.1) is 0 Å². The van der Waals surface area contributed by atoms with Gasteiger partial charge in [0, 0.05) is 6.07 Å². The first-order valence-electron chi connectivity index (χ1n) is 10.6. The van der Waals surface area contributed by atoms with Crippen LogP contribution < -0.4 is 0 Å². The smallest absolute Gasteiger partial charge is 0.126 e. The van der Waals surface area contributed by atoms with Crippen LogP contribution in [0.4, 0.5) is 8.78 Å². The highest BCUT2D eigenvalue weighted by Gasteiger charge is 2.31. The summed E-state index contributed by atoms with van der Waals surface area (Å²) >= 11 is 0. The summed E-state index contributed by atoms with van der Waals surface area (Å²) in [5.74, 6) is 2.23. The van der Waals surface area contributed by atoms with Crippen LogP contribution in [0.2, 0.25) is 0 Å². The van der Waals surface area contributed by atoms with Gasteiger partial charge in [0.2, 0.25) is 0 Å². The summed E-state index contributed by atoms with van der Waals surface area (Å²) in [4.78, 5) is 0. The Kier molecular flexibility index (Phi) is 6.90. The molecule has 0 radical (unpaired) electrons. The summed E-state index contributed by atoms with van der Waals surface area (Å²) in [6.45, 7) is 2.28. The van der Waals surface area contributed by atoms with E-state index in [-0.39, 0.29) is 0 Å². The van der Waals surface area contributed by atoms with Crippen molar-refractivity contribution in [2.24, 2.45) is 17.8 Å². The highest BCUT2D eigenvalue weighted by Crippen LogP contribution is 2.44. The lowest BCUT2D eigenvalue weighted by Crippen LogP contribution is -2.25. The molecule has 25 heavy (non-hydrogen) atoms. The molecule has 0 heterocycles. The molecule has 0 aromatic heterocycles. The van der Waals surface area contributed by atoms with Gasteiger partial charge >= 0.3 is 0 Å². The molecule has 2 aliphatic carbocycles. The van der Waals surface area contributed by atoms with Gasteiger partial charge in [-0.3, -0.25) is 0 Å². The Morgan fingerprint density at radius 3 is 1.88 bits per heavy atom. The Hall–Kier alpha value is -0.920. The van der Waals surface area contributed by atoms with Crippen molar-refractivity contribution < 1.29 is 8.78 Å². The molecule has 1 aromatic rings. The van der Waals surface area contributed by atoms with Gasteiger partial charge in [0.25, 0.3) is 0 Å². The van der Waals surface area contributed by atoms with Gasteiger partial charge in [0.1, 0.15) is 11.6 Å². The van der Waals surface area contributed by atoms with Crippen LogP contribution in [-0.2, 0) is 0 Å². The van der Waals surface area contributed by atoms with Crippen molar-refractivity contribution in [3.05, 3.63) is 35.4 Å². The molecule has 2 aliphatic rings. The van der Waals surface area contributed by atoms with Crippen LogP contribution in [0.25, 0.3) is 0 Å². The van der Waals surface area contributed by atoms with Gasteiger partial charge in [-0.1, -0.05) is 45.4 Å². The van der Waals surface area contributed by atoms with Crippen LogP contribution in [0, 0.1) is 29.4 Å². The van der Waals surface area contributed by atoms with Crippen LogP contribution in [-0.4, -0.2) is 0 Å². The lowest BCUT2D eigenvalue weighted by atomic mass is 9.68. The highest BCUT2D eigenvalue weighted by molar-refractivity contribution is 5.22. The van der Waals surface area contributed by atoms with Gasteiger partial charge in [-0.05, 0) is 79.9 Å². The van der Waals surface area contributed by atoms with E-state index in [0.717, 1.165) is 42.2 Å². The van der Waals surface area contributed by atoms with Crippen molar-refractivity contribution >= 4 is 0 Å². The summed E-state index contributed by atoms with van der Waals surface area (Å²) < 4.78 is 26.9. The number of rotatable bonds is 6. The Labute approximate surface area is 152 Å². The summed E-state index contributed by atoms with van der Waals surface area (Å²) in [5, 5.41) is 0. The molecule has 3 rings (SSSR count). The molecule has 0 bridgehead atoms. The zero-order valence-corrected chi connectivity index (χ0v) is 15.8. The fraction of sp³-hybridized carbons (Fsp3) is 0.739. The van der Waals surface area contributed by atoms with Crippen molar-refractivity contribution in [3.8, 4) is 0 Å². The zero-order chi connectivity index (χ0) is 17.6. The summed E-state index contributed by atoms with van der Waals surface area (Å²) in [6, 6.07) is 4.05. The largest absolute Gasteiger partial charge is 0.207 e. The van der Waals surface area contributed by atoms with Crippen molar-refractivity contribution in [3.63, 3.8) is 0 Å². The Bertz CT molecular complexity index is 503. The van der Waals surface area contributed by atoms with E-state index in [9.17, 15) is 8.78 Å². The van der Waals surface area contributed by atoms with Gasteiger partial charge in [0.15, 0.2) is 0 Å². The molecule has 2 saturated carbocycles. The molecular weight excluding hydrogens is 314 g/mol. The highest BCUT2D eigenvalue weighted by atomic mass is 19.1. The van der Waals surface area contributed by atoms with Crippen molar-refractivity contribution in [2.45, 2.75) is 89.9 Å². The van der Waals surface area contributed by atoms with E-state index in [1.807, 2.05) is 0 Å². The van der Waals surface area contributed by atoms with E-state index in [2.05, 4.69) is 6.92 Å². The molecule has 0 N–H and O–H groups in total. The molecule has 0 amide bonds. The second-order valence-corrected chi connectivity index (χ2v) is 8.59. The second-order valence-electron chi connectivity index (χ2n) is 8.59. The predicted molar refractivity (Wildman–Crippen MR) is 101 cm³/mol. The molecule has 0 unspecified atom stereocenters. The minimum absolute atomic E-state index is 0.354. The SMILES string of the molecule is CCCCC[C@H]1CC[C@H](C2CCC(c3cc(F)cc(F)c3)CC2)CC1. The van der Waals surface area contributed by atoms with Crippen LogP contribution >= 0.6 is 0 Å². The van der Waals surface area contributed by atoms with E-state index in [1.54, 1.807) is 0 Å². The molecule has 2 fully saturated rings. The summed E-state index contributed by atoms with van der Waals surface area (Å²) in [6.07, 6.45) is 16.0. The van der Waals surface area contributed by atoms with E-state index >= 15 is 0 Å². The van der Waals surface area contributed by atoms with E-state index in [0.29, 0.717) is 5.92 Å². The van der Waals surface area contributed by atoms with Gasteiger partial charge in [0.05, 0.1) is 0 Å². The second kappa shape index (κ2) is 9.14. The molecule has 0 nitrogen and oxygen atoms in total. The molecule has 0 aliphatic heterocycles. The van der Waals surface area contributed by atoms with Crippen molar-refractivity contribution in [2.75, 3.05) is 0 Å². The lowest BCUT2D eigenvalue weighted by Gasteiger charge is -2.38. The first-order chi connectivity index (χ1) is 12.2. The maximum atomic E-state index is 13.5. The third kappa shape index (κ3) is 5.28. The lowest BCUT2D eigenvalue weighted by molar-refractivity contribution is 0.155. The third-order valence-electron chi connectivity index (χ3n) is 6.90. The number of unbranched alkanes of at least 4 members (excludes halogenated alkanes) is 2. The molecule has 0 atom stereocenters. The van der Waals surface area contributed by atoms with E-state index in [1.165, 1.54) is 76.3 Å². The summed E-state index contributed by atoms with van der Waals surface area (Å²) in [5.41, 5.74) is 0.871. The van der Waals surface area contributed by atoms with E-state index in [4.69, 9.17) is 0 Å². The van der Waals surface area contributed by atoms with Crippen LogP contribution in [0.3, 0.4) is 0 Å². The Balaban J connectivity index is 1.44. The fourth-order valence-corrected chi connectivity index (χ4v) is 5.37. The predicted octanol–water partition coefficient (Wildman–Crippen LogP) is 7.63. The van der Waals surface area contributed by atoms with Gasteiger partial charge in [-0.2, -0.15) is 0 Å². The minimum atomic E-state index is -0.432.